The number of amides is 2. The summed E-state index contributed by atoms with van der Waals surface area (Å²) in [4.78, 5) is 26.9. The summed E-state index contributed by atoms with van der Waals surface area (Å²) in [7, 11) is 1.88. The molecular formula is C14H16N4O2S. The molecule has 0 radical (unpaired) electrons. The third kappa shape index (κ3) is 4.64. The molecule has 6 nitrogen and oxygen atoms in total. The number of hydrogen-bond donors (Lipinski definition) is 2. The Labute approximate surface area is 126 Å². The lowest BCUT2D eigenvalue weighted by Crippen LogP contribution is -2.14. The number of hydrogen-bond acceptors (Lipinski definition) is 4. The van der Waals surface area contributed by atoms with Crippen molar-refractivity contribution < 1.29 is 9.59 Å². The number of rotatable bonds is 5. The van der Waals surface area contributed by atoms with Gasteiger partial charge in [0.1, 0.15) is 0 Å². The van der Waals surface area contributed by atoms with E-state index in [0.29, 0.717) is 11.4 Å². The van der Waals surface area contributed by atoms with E-state index in [1.165, 1.54) is 18.7 Å². The van der Waals surface area contributed by atoms with Crippen molar-refractivity contribution in [1.82, 2.24) is 9.55 Å². The fourth-order valence-electron chi connectivity index (χ4n) is 1.66. The van der Waals surface area contributed by atoms with Crippen LogP contribution in [0.2, 0.25) is 0 Å². The topological polar surface area (TPSA) is 76.0 Å². The van der Waals surface area contributed by atoms with Gasteiger partial charge in [-0.15, -0.1) is 0 Å². The minimum absolute atomic E-state index is 0.102. The Morgan fingerprint density at radius 3 is 2.33 bits per heavy atom. The molecule has 0 saturated heterocycles. The lowest BCUT2D eigenvalue weighted by Gasteiger charge is -2.07. The molecule has 0 aliphatic heterocycles. The van der Waals surface area contributed by atoms with Crippen molar-refractivity contribution in [3.63, 3.8) is 0 Å². The van der Waals surface area contributed by atoms with Crippen molar-refractivity contribution in [2.24, 2.45) is 7.05 Å². The Kier molecular flexibility index (Phi) is 4.99. The summed E-state index contributed by atoms with van der Waals surface area (Å²) in [6.45, 7) is 1.45. The van der Waals surface area contributed by atoms with Crippen LogP contribution in [-0.2, 0) is 16.6 Å². The van der Waals surface area contributed by atoms with Crippen molar-refractivity contribution in [2.45, 2.75) is 12.1 Å². The van der Waals surface area contributed by atoms with Gasteiger partial charge in [-0.3, -0.25) is 9.59 Å². The van der Waals surface area contributed by atoms with Crippen molar-refractivity contribution in [3.05, 3.63) is 36.7 Å². The van der Waals surface area contributed by atoms with Crippen LogP contribution in [0.25, 0.3) is 0 Å². The molecule has 2 amide bonds. The number of benzene rings is 1. The average molecular weight is 304 g/mol. The average Bonchev–Trinajstić information content (AvgIpc) is 2.84. The monoisotopic (exact) mass is 304 g/mol. The summed E-state index contributed by atoms with van der Waals surface area (Å²) in [6, 6.07) is 6.97. The fourth-order valence-corrected chi connectivity index (χ4v) is 2.39. The highest BCUT2D eigenvalue weighted by Crippen LogP contribution is 2.16. The number of thioether (sulfide) groups is 1. The van der Waals surface area contributed by atoms with Gasteiger partial charge in [-0.1, -0.05) is 11.8 Å². The highest BCUT2D eigenvalue weighted by atomic mass is 32.2. The highest BCUT2D eigenvalue weighted by Gasteiger charge is 2.06. The molecule has 0 spiro atoms. The normalized spacial score (nSPS) is 10.2. The second-order valence-corrected chi connectivity index (χ2v) is 5.36. The molecule has 0 atom stereocenters. The van der Waals surface area contributed by atoms with E-state index < -0.39 is 0 Å². The zero-order valence-corrected chi connectivity index (χ0v) is 12.6. The first kappa shape index (κ1) is 15.1. The van der Waals surface area contributed by atoms with Gasteiger partial charge in [0.25, 0.3) is 0 Å². The number of nitrogens with one attached hydrogen (secondary N) is 2. The Morgan fingerprint density at radius 1 is 1.19 bits per heavy atom. The number of anilines is 2. The van der Waals surface area contributed by atoms with Crippen LogP contribution in [-0.4, -0.2) is 27.1 Å². The molecule has 2 rings (SSSR count). The third-order valence-corrected chi connectivity index (χ3v) is 3.66. The first-order chi connectivity index (χ1) is 10.0. The van der Waals surface area contributed by atoms with E-state index in [9.17, 15) is 9.59 Å². The third-order valence-electron chi connectivity index (χ3n) is 2.60. The number of aromatic nitrogens is 2. The minimum Gasteiger partial charge on any atom is -0.329 e. The predicted octanol–water partition coefficient (Wildman–Crippen LogP) is 2.11. The van der Waals surface area contributed by atoms with E-state index in [-0.39, 0.29) is 17.6 Å². The zero-order valence-electron chi connectivity index (χ0n) is 11.8. The number of imidazole rings is 1. The molecule has 2 aromatic rings. The Balaban J connectivity index is 1.85. The number of carbonyl (C=O) groups is 2. The lowest BCUT2D eigenvalue weighted by atomic mass is 10.3. The lowest BCUT2D eigenvalue weighted by molar-refractivity contribution is -0.114. The summed E-state index contributed by atoms with van der Waals surface area (Å²) in [5, 5.41) is 6.26. The molecule has 2 N–H and O–H groups in total. The largest absolute Gasteiger partial charge is 0.329 e. The van der Waals surface area contributed by atoms with E-state index >= 15 is 0 Å². The molecule has 1 aromatic carbocycles. The Hall–Kier alpha value is -2.28. The van der Waals surface area contributed by atoms with Gasteiger partial charge in [-0.05, 0) is 24.3 Å². The minimum atomic E-state index is -0.127. The first-order valence-electron chi connectivity index (χ1n) is 6.32. The van der Waals surface area contributed by atoms with Crippen LogP contribution >= 0.6 is 11.8 Å². The zero-order chi connectivity index (χ0) is 15.2. The Bertz CT molecular complexity index is 637. The van der Waals surface area contributed by atoms with E-state index in [2.05, 4.69) is 15.6 Å². The quantitative estimate of drug-likeness (QED) is 0.830. The highest BCUT2D eigenvalue weighted by molar-refractivity contribution is 7.99. The molecule has 1 aromatic heterocycles. The first-order valence-corrected chi connectivity index (χ1v) is 7.31. The standard InChI is InChI=1S/C14H16N4O2S/c1-10(19)16-11-3-5-12(6-4-11)17-13(20)9-21-14-15-7-8-18(14)2/h3-8H,9H2,1-2H3,(H,16,19)(H,17,20). The van der Waals surface area contributed by atoms with Crippen LogP contribution in [0, 0.1) is 0 Å². The van der Waals surface area contributed by atoms with Gasteiger partial charge in [-0.25, -0.2) is 4.98 Å². The number of aryl methyl sites for hydroxylation is 1. The maximum atomic E-state index is 11.8. The van der Waals surface area contributed by atoms with Crippen LogP contribution < -0.4 is 10.6 Å². The smallest absolute Gasteiger partial charge is 0.234 e. The molecule has 7 heteroatoms. The second kappa shape index (κ2) is 6.94. The van der Waals surface area contributed by atoms with Crippen molar-refractivity contribution in [3.8, 4) is 0 Å². The molecule has 0 bridgehead atoms. The number of carbonyl (C=O) groups excluding carboxylic acids is 2. The van der Waals surface area contributed by atoms with E-state index in [1.807, 2.05) is 17.8 Å². The molecule has 0 fully saturated rings. The fraction of sp³-hybridized carbons (Fsp3) is 0.214. The summed E-state index contributed by atoms with van der Waals surface area (Å²) >= 11 is 1.38. The predicted molar refractivity (Wildman–Crippen MR) is 83.3 cm³/mol. The van der Waals surface area contributed by atoms with Gasteiger partial charge in [0.15, 0.2) is 5.16 Å². The van der Waals surface area contributed by atoms with Crippen LogP contribution in [0.15, 0.2) is 41.8 Å². The van der Waals surface area contributed by atoms with E-state index in [4.69, 9.17) is 0 Å². The van der Waals surface area contributed by atoms with E-state index in [0.717, 1.165) is 5.16 Å². The van der Waals surface area contributed by atoms with Gasteiger partial charge in [-0.2, -0.15) is 0 Å². The van der Waals surface area contributed by atoms with Gasteiger partial charge >= 0.3 is 0 Å². The van der Waals surface area contributed by atoms with Gasteiger partial charge in [0, 0.05) is 37.7 Å². The van der Waals surface area contributed by atoms with Crippen LogP contribution in [0.1, 0.15) is 6.92 Å². The molecule has 0 aliphatic rings. The van der Waals surface area contributed by atoms with Crippen LogP contribution in [0.3, 0.4) is 0 Å². The summed E-state index contributed by atoms with van der Waals surface area (Å²) < 4.78 is 1.86. The summed E-state index contributed by atoms with van der Waals surface area (Å²) in [6.07, 6.45) is 3.53. The maximum Gasteiger partial charge on any atom is 0.234 e. The molecule has 0 unspecified atom stereocenters. The summed E-state index contributed by atoms with van der Waals surface area (Å²) in [5.41, 5.74) is 1.39. The maximum absolute atomic E-state index is 11.8. The molecule has 21 heavy (non-hydrogen) atoms. The van der Waals surface area contributed by atoms with E-state index in [1.54, 1.807) is 30.5 Å². The van der Waals surface area contributed by atoms with Crippen LogP contribution in [0.4, 0.5) is 11.4 Å². The van der Waals surface area contributed by atoms with Gasteiger partial charge < -0.3 is 15.2 Å². The molecule has 1 heterocycles. The SMILES string of the molecule is CC(=O)Nc1ccc(NC(=O)CSc2nccn2C)cc1. The van der Waals surface area contributed by atoms with Crippen molar-refractivity contribution in [2.75, 3.05) is 16.4 Å². The van der Waals surface area contributed by atoms with Gasteiger partial charge in [0.05, 0.1) is 5.75 Å². The molecule has 0 aliphatic carbocycles. The van der Waals surface area contributed by atoms with Crippen molar-refractivity contribution in [1.29, 1.82) is 0 Å². The van der Waals surface area contributed by atoms with Crippen LogP contribution in [0.5, 0.6) is 0 Å². The van der Waals surface area contributed by atoms with Gasteiger partial charge in [0.2, 0.25) is 11.8 Å². The van der Waals surface area contributed by atoms with Crippen molar-refractivity contribution >= 4 is 35.0 Å². The molecule has 110 valence electrons. The Morgan fingerprint density at radius 2 is 1.81 bits per heavy atom. The number of nitrogens with zero attached hydrogens (tertiary/aromatic N) is 2. The second-order valence-electron chi connectivity index (χ2n) is 4.42. The summed E-state index contributed by atoms with van der Waals surface area (Å²) in [5.74, 6) is 0.0618. The molecular weight excluding hydrogens is 288 g/mol. The molecule has 0 saturated carbocycles.